The molecule has 0 fully saturated rings. The van der Waals surface area contributed by atoms with E-state index in [0.29, 0.717) is 31.3 Å². The van der Waals surface area contributed by atoms with Crippen LogP contribution in [0.3, 0.4) is 0 Å². The molecule has 2 aromatic carbocycles. The van der Waals surface area contributed by atoms with Crippen LogP contribution in [0.2, 0.25) is 5.02 Å². The Balaban J connectivity index is 1.74. The summed E-state index contributed by atoms with van der Waals surface area (Å²) in [7, 11) is 1.64. The molecule has 23 heavy (non-hydrogen) atoms. The summed E-state index contributed by atoms with van der Waals surface area (Å²) >= 11 is 6.25. The molecule has 4 nitrogen and oxygen atoms in total. The number of rotatable bonds is 5. The third-order valence-electron chi connectivity index (χ3n) is 3.87. The van der Waals surface area contributed by atoms with Crippen LogP contribution in [-0.2, 0) is 6.54 Å². The molecule has 5 heteroatoms. The Kier molecular flexibility index (Phi) is 4.94. The second-order valence-corrected chi connectivity index (χ2v) is 5.85. The molecule has 0 amide bonds. The minimum absolute atomic E-state index is 0.142. The van der Waals surface area contributed by atoms with Crippen molar-refractivity contribution in [2.45, 2.75) is 19.5 Å². The van der Waals surface area contributed by atoms with Crippen molar-refractivity contribution in [1.82, 2.24) is 5.32 Å². The van der Waals surface area contributed by atoms with Gasteiger partial charge in [0.05, 0.1) is 7.11 Å². The summed E-state index contributed by atoms with van der Waals surface area (Å²) in [5.41, 5.74) is 2.16. The first-order valence-corrected chi connectivity index (χ1v) is 8.01. The van der Waals surface area contributed by atoms with Gasteiger partial charge in [-0.15, -0.1) is 0 Å². The summed E-state index contributed by atoms with van der Waals surface area (Å²) in [4.78, 5) is 0. The fourth-order valence-corrected chi connectivity index (χ4v) is 2.94. The predicted molar refractivity (Wildman–Crippen MR) is 90.7 cm³/mol. The van der Waals surface area contributed by atoms with Crippen molar-refractivity contribution < 1.29 is 14.2 Å². The molecule has 0 saturated carbocycles. The normalized spacial score (nSPS) is 14.4. The Morgan fingerprint density at radius 2 is 2.00 bits per heavy atom. The first-order valence-electron chi connectivity index (χ1n) is 7.63. The van der Waals surface area contributed by atoms with Crippen molar-refractivity contribution in [3.05, 3.63) is 52.5 Å². The highest BCUT2D eigenvalue weighted by Crippen LogP contribution is 2.40. The van der Waals surface area contributed by atoms with E-state index in [-0.39, 0.29) is 6.04 Å². The van der Waals surface area contributed by atoms with Crippen LogP contribution >= 0.6 is 11.6 Å². The quantitative estimate of drug-likeness (QED) is 0.898. The lowest BCUT2D eigenvalue weighted by Gasteiger charge is -2.22. The lowest BCUT2D eigenvalue weighted by atomic mass is 10.1. The highest BCUT2D eigenvalue weighted by atomic mass is 35.5. The average Bonchev–Trinajstić information content (AvgIpc) is 2.59. The molecule has 1 atom stereocenters. The van der Waals surface area contributed by atoms with Gasteiger partial charge in [-0.05, 0) is 36.2 Å². The first-order chi connectivity index (χ1) is 11.2. The van der Waals surface area contributed by atoms with Gasteiger partial charge in [0, 0.05) is 17.6 Å². The summed E-state index contributed by atoms with van der Waals surface area (Å²) in [6, 6.07) is 12.0. The SMILES string of the molecule is COc1cc(CNC(C)c2ccccc2Cl)cc2c1OCCO2. The lowest BCUT2D eigenvalue weighted by Crippen LogP contribution is -2.20. The molecule has 1 unspecified atom stereocenters. The molecule has 2 aromatic rings. The van der Waals surface area contributed by atoms with E-state index in [0.717, 1.165) is 21.9 Å². The van der Waals surface area contributed by atoms with Gasteiger partial charge in [0.1, 0.15) is 13.2 Å². The number of hydrogen-bond donors (Lipinski definition) is 1. The number of halogens is 1. The predicted octanol–water partition coefficient (Wildman–Crippen LogP) is 3.97. The molecule has 1 aliphatic heterocycles. The zero-order valence-electron chi connectivity index (χ0n) is 13.3. The van der Waals surface area contributed by atoms with Crippen LogP contribution in [0.25, 0.3) is 0 Å². The van der Waals surface area contributed by atoms with Crippen LogP contribution in [0.5, 0.6) is 17.2 Å². The van der Waals surface area contributed by atoms with Gasteiger partial charge >= 0.3 is 0 Å². The number of ether oxygens (including phenoxy) is 3. The minimum Gasteiger partial charge on any atom is -0.493 e. The van der Waals surface area contributed by atoms with Crippen LogP contribution < -0.4 is 19.5 Å². The largest absolute Gasteiger partial charge is 0.493 e. The monoisotopic (exact) mass is 333 g/mol. The number of fused-ring (bicyclic) bond motifs is 1. The third-order valence-corrected chi connectivity index (χ3v) is 4.22. The Bertz CT molecular complexity index is 673. The van der Waals surface area contributed by atoms with Crippen LogP contribution in [0, 0.1) is 0 Å². The zero-order chi connectivity index (χ0) is 16.2. The number of benzene rings is 2. The van der Waals surface area contributed by atoms with E-state index >= 15 is 0 Å². The van der Waals surface area contributed by atoms with Gasteiger partial charge < -0.3 is 19.5 Å². The van der Waals surface area contributed by atoms with Crippen LogP contribution in [-0.4, -0.2) is 20.3 Å². The smallest absolute Gasteiger partial charge is 0.203 e. The third kappa shape index (κ3) is 3.54. The molecular formula is C18H20ClNO3. The van der Waals surface area contributed by atoms with E-state index < -0.39 is 0 Å². The highest BCUT2D eigenvalue weighted by molar-refractivity contribution is 6.31. The fourth-order valence-electron chi connectivity index (χ4n) is 2.64. The number of nitrogens with one attached hydrogen (secondary N) is 1. The molecule has 0 aliphatic carbocycles. The molecule has 3 rings (SSSR count). The van der Waals surface area contributed by atoms with Gasteiger partial charge in [-0.3, -0.25) is 0 Å². The second kappa shape index (κ2) is 7.11. The molecule has 0 spiro atoms. The van der Waals surface area contributed by atoms with Gasteiger partial charge in [-0.2, -0.15) is 0 Å². The maximum Gasteiger partial charge on any atom is 0.203 e. The standard InChI is InChI=1S/C18H20ClNO3/c1-12(14-5-3-4-6-15(14)19)20-11-13-9-16(21-2)18-17(10-13)22-7-8-23-18/h3-6,9-10,12,20H,7-8,11H2,1-2H3. The summed E-state index contributed by atoms with van der Waals surface area (Å²) in [5.74, 6) is 2.11. The van der Waals surface area contributed by atoms with Crippen molar-refractivity contribution in [1.29, 1.82) is 0 Å². The van der Waals surface area contributed by atoms with Gasteiger partial charge in [-0.1, -0.05) is 29.8 Å². The van der Waals surface area contributed by atoms with Crippen molar-refractivity contribution in [2.75, 3.05) is 20.3 Å². The Morgan fingerprint density at radius 3 is 2.78 bits per heavy atom. The van der Waals surface area contributed by atoms with Crippen molar-refractivity contribution >= 4 is 11.6 Å². The molecule has 1 heterocycles. The molecule has 1 N–H and O–H groups in total. The van der Waals surface area contributed by atoms with Gasteiger partial charge in [0.2, 0.25) is 5.75 Å². The Morgan fingerprint density at radius 1 is 1.22 bits per heavy atom. The van der Waals surface area contributed by atoms with E-state index in [9.17, 15) is 0 Å². The van der Waals surface area contributed by atoms with E-state index in [1.54, 1.807) is 7.11 Å². The van der Waals surface area contributed by atoms with E-state index in [4.69, 9.17) is 25.8 Å². The lowest BCUT2D eigenvalue weighted by molar-refractivity contribution is 0.165. The Hall–Kier alpha value is -1.91. The van der Waals surface area contributed by atoms with Crippen molar-refractivity contribution in [2.24, 2.45) is 0 Å². The van der Waals surface area contributed by atoms with Crippen molar-refractivity contribution in [3.8, 4) is 17.2 Å². The number of hydrogen-bond acceptors (Lipinski definition) is 4. The van der Waals surface area contributed by atoms with Gasteiger partial charge in [0.15, 0.2) is 11.5 Å². The minimum atomic E-state index is 0.142. The average molecular weight is 334 g/mol. The summed E-state index contributed by atoms with van der Waals surface area (Å²) in [6.45, 7) is 3.88. The summed E-state index contributed by atoms with van der Waals surface area (Å²) in [6.07, 6.45) is 0. The second-order valence-electron chi connectivity index (χ2n) is 5.45. The van der Waals surface area contributed by atoms with Gasteiger partial charge in [0.25, 0.3) is 0 Å². The molecule has 0 bridgehead atoms. The molecule has 1 aliphatic rings. The van der Waals surface area contributed by atoms with E-state index in [2.05, 4.69) is 12.2 Å². The molecule has 0 radical (unpaired) electrons. The molecule has 122 valence electrons. The first kappa shape index (κ1) is 16.0. The van der Waals surface area contributed by atoms with Crippen molar-refractivity contribution in [3.63, 3.8) is 0 Å². The molecule has 0 saturated heterocycles. The Labute approximate surface area is 141 Å². The van der Waals surface area contributed by atoms with E-state index in [1.165, 1.54) is 0 Å². The van der Waals surface area contributed by atoms with Gasteiger partial charge in [-0.25, -0.2) is 0 Å². The molecule has 0 aromatic heterocycles. The van der Waals surface area contributed by atoms with Crippen LogP contribution in [0.15, 0.2) is 36.4 Å². The van der Waals surface area contributed by atoms with Crippen LogP contribution in [0.1, 0.15) is 24.1 Å². The topological polar surface area (TPSA) is 39.7 Å². The maximum absolute atomic E-state index is 6.25. The number of methoxy groups -OCH3 is 1. The van der Waals surface area contributed by atoms with Crippen LogP contribution in [0.4, 0.5) is 0 Å². The fraction of sp³-hybridized carbons (Fsp3) is 0.333. The van der Waals surface area contributed by atoms with E-state index in [1.807, 2.05) is 36.4 Å². The highest BCUT2D eigenvalue weighted by Gasteiger charge is 2.18. The summed E-state index contributed by atoms with van der Waals surface area (Å²) in [5, 5.41) is 4.25. The summed E-state index contributed by atoms with van der Waals surface area (Å²) < 4.78 is 16.7. The zero-order valence-corrected chi connectivity index (χ0v) is 14.0. The molecular weight excluding hydrogens is 314 g/mol. The maximum atomic E-state index is 6.25.